The Hall–Kier alpha value is -1.07. The van der Waals surface area contributed by atoms with Gasteiger partial charge < -0.3 is 0 Å². The average molecular weight is 386 g/mol. The molecule has 1 N–H and O–H groups in total. The molecule has 0 saturated carbocycles. The SMILES string of the molecule is CC(C)C[C@H](NS(=O)(=O)Cc1ccc(Cl)cc1Cl)c1ccccc1. The Morgan fingerprint density at radius 2 is 1.71 bits per heavy atom. The average Bonchev–Trinajstić information content (AvgIpc) is 2.49. The number of hydrogen-bond acceptors (Lipinski definition) is 2. The fraction of sp³-hybridized carbons (Fsp3) is 0.333. The van der Waals surface area contributed by atoms with Gasteiger partial charge in [0.15, 0.2) is 0 Å². The molecule has 130 valence electrons. The first-order valence-corrected chi connectivity index (χ1v) is 10.2. The Balaban J connectivity index is 2.20. The molecule has 0 bridgehead atoms. The molecule has 1 atom stereocenters. The minimum atomic E-state index is -3.54. The van der Waals surface area contributed by atoms with Gasteiger partial charge >= 0.3 is 0 Å². The molecule has 2 rings (SSSR count). The van der Waals surface area contributed by atoms with E-state index in [9.17, 15) is 8.42 Å². The molecule has 0 aromatic heterocycles. The molecule has 6 heteroatoms. The van der Waals surface area contributed by atoms with Gasteiger partial charge in [0, 0.05) is 16.1 Å². The van der Waals surface area contributed by atoms with E-state index in [1.807, 2.05) is 30.3 Å². The maximum Gasteiger partial charge on any atom is 0.216 e. The Kier molecular flexibility index (Phi) is 6.70. The summed E-state index contributed by atoms with van der Waals surface area (Å²) >= 11 is 12.0. The fourth-order valence-corrected chi connectivity index (χ4v) is 4.48. The van der Waals surface area contributed by atoms with Crippen LogP contribution in [0.1, 0.15) is 37.4 Å². The summed E-state index contributed by atoms with van der Waals surface area (Å²) in [6, 6.07) is 14.2. The number of hydrogen-bond donors (Lipinski definition) is 1. The number of rotatable bonds is 7. The lowest BCUT2D eigenvalue weighted by molar-refractivity contribution is 0.472. The first-order valence-electron chi connectivity index (χ1n) is 7.75. The van der Waals surface area contributed by atoms with E-state index in [2.05, 4.69) is 18.6 Å². The zero-order valence-electron chi connectivity index (χ0n) is 13.7. The van der Waals surface area contributed by atoms with Crippen LogP contribution in [0.4, 0.5) is 0 Å². The van der Waals surface area contributed by atoms with E-state index >= 15 is 0 Å². The van der Waals surface area contributed by atoms with Crippen LogP contribution in [0.3, 0.4) is 0 Å². The third kappa shape index (κ3) is 5.78. The molecule has 24 heavy (non-hydrogen) atoms. The summed E-state index contributed by atoms with van der Waals surface area (Å²) in [4.78, 5) is 0. The normalized spacial score (nSPS) is 13.2. The van der Waals surface area contributed by atoms with E-state index in [1.165, 1.54) is 0 Å². The van der Waals surface area contributed by atoms with Gasteiger partial charge in [0.05, 0.1) is 5.75 Å². The van der Waals surface area contributed by atoms with Crippen LogP contribution in [0.15, 0.2) is 48.5 Å². The minimum Gasteiger partial charge on any atom is -0.212 e. The second kappa shape index (κ2) is 8.34. The molecule has 0 heterocycles. The molecule has 0 unspecified atom stereocenters. The maximum atomic E-state index is 12.6. The van der Waals surface area contributed by atoms with E-state index in [1.54, 1.807) is 18.2 Å². The first kappa shape index (κ1) is 19.3. The monoisotopic (exact) mass is 385 g/mol. The van der Waals surface area contributed by atoms with E-state index in [4.69, 9.17) is 23.2 Å². The maximum absolute atomic E-state index is 12.6. The number of benzene rings is 2. The number of halogens is 2. The summed E-state index contributed by atoms with van der Waals surface area (Å²) in [6.07, 6.45) is 0.720. The third-order valence-electron chi connectivity index (χ3n) is 3.59. The van der Waals surface area contributed by atoms with Crippen molar-refractivity contribution in [2.75, 3.05) is 0 Å². The van der Waals surface area contributed by atoms with Gasteiger partial charge in [-0.25, -0.2) is 13.1 Å². The Morgan fingerprint density at radius 1 is 1.04 bits per heavy atom. The molecular weight excluding hydrogens is 365 g/mol. The van der Waals surface area contributed by atoms with Crippen molar-refractivity contribution >= 4 is 33.2 Å². The van der Waals surface area contributed by atoms with Crippen LogP contribution in [0, 0.1) is 5.92 Å². The van der Waals surface area contributed by atoms with Crippen LogP contribution in [0.2, 0.25) is 10.0 Å². The minimum absolute atomic E-state index is 0.176. The van der Waals surface area contributed by atoms with Gasteiger partial charge in [-0.2, -0.15) is 0 Å². The van der Waals surface area contributed by atoms with Gasteiger partial charge in [-0.1, -0.05) is 73.4 Å². The van der Waals surface area contributed by atoms with Crippen molar-refractivity contribution in [2.45, 2.75) is 32.1 Å². The van der Waals surface area contributed by atoms with Crippen molar-refractivity contribution in [2.24, 2.45) is 5.92 Å². The lowest BCUT2D eigenvalue weighted by atomic mass is 9.98. The smallest absolute Gasteiger partial charge is 0.212 e. The van der Waals surface area contributed by atoms with Crippen molar-refractivity contribution in [3.8, 4) is 0 Å². The van der Waals surface area contributed by atoms with Crippen LogP contribution < -0.4 is 4.72 Å². The standard InChI is InChI=1S/C18H21Cl2NO2S/c1-13(2)10-18(14-6-4-3-5-7-14)21-24(22,23)12-15-8-9-16(19)11-17(15)20/h3-9,11,13,18,21H,10,12H2,1-2H3/t18-/m0/s1. The predicted octanol–water partition coefficient (Wildman–Crippen LogP) is 5.20. The number of sulfonamides is 1. The Labute approximate surface area is 154 Å². The lowest BCUT2D eigenvalue weighted by Crippen LogP contribution is -2.30. The van der Waals surface area contributed by atoms with E-state index in [0.717, 1.165) is 12.0 Å². The third-order valence-corrected chi connectivity index (χ3v) is 5.51. The molecule has 2 aromatic rings. The highest BCUT2D eigenvalue weighted by molar-refractivity contribution is 7.88. The van der Waals surface area contributed by atoms with Gasteiger partial charge in [-0.05, 0) is 35.6 Å². The summed E-state index contributed by atoms with van der Waals surface area (Å²) in [5.41, 5.74) is 1.49. The largest absolute Gasteiger partial charge is 0.216 e. The van der Waals surface area contributed by atoms with Gasteiger partial charge in [0.2, 0.25) is 10.0 Å². The lowest BCUT2D eigenvalue weighted by Gasteiger charge is -2.21. The number of nitrogens with one attached hydrogen (secondary N) is 1. The van der Waals surface area contributed by atoms with E-state index in [0.29, 0.717) is 21.5 Å². The molecule has 0 radical (unpaired) electrons. The van der Waals surface area contributed by atoms with Gasteiger partial charge in [0.25, 0.3) is 0 Å². The quantitative estimate of drug-likeness (QED) is 0.711. The van der Waals surface area contributed by atoms with Gasteiger partial charge in [0.1, 0.15) is 0 Å². The second-order valence-corrected chi connectivity index (χ2v) is 8.80. The zero-order valence-corrected chi connectivity index (χ0v) is 16.0. The Morgan fingerprint density at radius 3 is 2.29 bits per heavy atom. The van der Waals surface area contributed by atoms with Crippen molar-refractivity contribution in [1.82, 2.24) is 4.72 Å². The summed E-state index contributed by atoms with van der Waals surface area (Å²) in [5.74, 6) is 0.182. The van der Waals surface area contributed by atoms with E-state index in [-0.39, 0.29) is 11.8 Å². The molecule has 2 aromatic carbocycles. The molecule has 0 aliphatic heterocycles. The summed E-state index contributed by atoms with van der Waals surface area (Å²) < 4.78 is 28.0. The van der Waals surface area contributed by atoms with Gasteiger partial charge in [-0.15, -0.1) is 0 Å². The highest BCUT2D eigenvalue weighted by atomic mass is 35.5. The fourth-order valence-electron chi connectivity index (χ4n) is 2.51. The molecular formula is C18H21Cl2NO2S. The summed E-state index contributed by atoms with van der Waals surface area (Å²) in [7, 11) is -3.54. The molecule has 0 amide bonds. The van der Waals surface area contributed by atoms with Crippen LogP contribution in [0.5, 0.6) is 0 Å². The molecule has 3 nitrogen and oxygen atoms in total. The summed E-state index contributed by atoms with van der Waals surface area (Å²) in [5, 5.41) is 0.837. The van der Waals surface area contributed by atoms with Crippen molar-refractivity contribution in [1.29, 1.82) is 0 Å². The van der Waals surface area contributed by atoms with Gasteiger partial charge in [-0.3, -0.25) is 0 Å². The molecule has 0 fully saturated rings. The van der Waals surface area contributed by atoms with Crippen LogP contribution in [0.25, 0.3) is 0 Å². The topological polar surface area (TPSA) is 46.2 Å². The molecule has 0 spiro atoms. The predicted molar refractivity (Wildman–Crippen MR) is 101 cm³/mol. The summed E-state index contributed by atoms with van der Waals surface area (Å²) in [6.45, 7) is 4.14. The highest BCUT2D eigenvalue weighted by Crippen LogP contribution is 2.25. The second-order valence-electron chi connectivity index (χ2n) is 6.21. The molecule has 0 aliphatic carbocycles. The molecule has 0 saturated heterocycles. The van der Waals surface area contributed by atoms with E-state index < -0.39 is 10.0 Å². The van der Waals surface area contributed by atoms with Crippen LogP contribution in [-0.4, -0.2) is 8.42 Å². The zero-order chi connectivity index (χ0) is 17.7. The van der Waals surface area contributed by atoms with Crippen molar-refractivity contribution in [3.63, 3.8) is 0 Å². The molecule has 0 aliphatic rings. The first-order chi connectivity index (χ1) is 11.3. The van der Waals surface area contributed by atoms with Crippen molar-refractivity contribution in [3.05, 3.63) is 69.7 Å². The highest BCUT2D eigenvalue weighted by Gasteiger charge is 2.21. The van der Waals surface area contributed by atoms with Crippen LogP contribution >= 0.6 is 23.2 Å². The van der Waals surface area contributed by atoms with Crippen molar-refractivity contribution < 1.29 is 8.42 Å². The Bertz CT molecular complexity index is 777. The van der Waals surface area contributed by atoms with Crippen LogP contribution in [-0.2, 0) is 15.8 Å².